The van der Waals surface area contributed by atoms with Gasteiger partial charge in [-0.05, 0) is 31.0 Å². The molecule has 19 heavy (non-hydrogen) atoms. The second-order valence-electron chi connectivity index (χ2n) is 4.55. The first kappa shape index (κ1) is 14.2. The standard InChI is InChI=1S/C12H17FN2O3S/c1-15(10-4-6-18-7-5-10)19(16,17)12-8-9(14)2-3-11(12)13/h2-3,8,10H,4-7,14H2,1H3. The monoisotopic (exact) mass is 288 g/mol. The van der Waals surface area contributed by atoms with Crippen molar-refractivity contribution >= 4 is 15.7 Å². The van der Waals surface area contributed by atoms with Crippen LogP contribution in [0.1, 0.15) is 12.8 Å². The van der Waals surface area contributed by atoms with Gasteiger partial charge in [0.05, 0.1) is 0 Å². The predicted molar refractivity (Wildman–Crippen MR) is 69.6 cm³/mol. The molecule has 1 aromatic carbocycles. The Labute approximate surface area is 112 Å². The minimum absolute atomic E-state index is 0.167. The molecule has 1 heterocycles. The molecule has 0 spiro atoms. The summed E-state index contributed by atoms with van der Waals surface area (Å²) in [6.45, 7) is 1.04. The number of benzene rings is 1. The fraction of sp³-hybridized carbons (Fsp3) is 0.500. The molecule has 2 rings (SSSR count). The van der Waals surface area contributed by atoms with Crippen molar-refractivity contribution in [1.29, 1.82) is 0 Å². The molecule has 0 bridgehead atoms. The zero-order valence-electron chi connectivity index (χ0n) is 10.7. The molecule has 106 valence electrons. The minimum Gasteiger partial charge on any atom is -0.399 e. The molecule has 1 saturated heterocycles. The summed E-state index contributed by atoms with van der Waals surface area (Å²) in [7, 11) is -2.40. The average molecular weight is 288 g/mol. The van der Waals surface area contributed by atoms with E-state index in [9.17, 15) is 12.8 Å². The van der Waals surface area contributed by atoms with Crippen LogP contribution in [0, 0.1) is 5.82 Å². The second-order valence-corrected chi connectivity index (χ2v) is 6.52. The van der Waals surface area contributed by atoms with E-state index in [4.69, 9.17) is 10.5 Å². The van der Waals surface area contributed by atoms with Gasteiger partial charge >= 0.3 is 0 Å². The molecule has 0 saturated carbocycles. The zero-order chi connectivity index (χ0) is 14.0. The number of hydrogen-bond donors (Lipinski definition) is 1. The molecule has 0 atom stereocenters. The van der Waals surface area contributed by atoms with Crippen LogP contribution < -0.4 is 5.73 Å². The SMILES string of the molecule is CN(C1CCOCC1)S(=O)(=O)c1cc(N)ccc1F. The number of anilines is 1. The molecular weight excluding hydrogens is 271 g/mol. The highest BCUT2D eigenvalue weighted by atomic mass is 32.2. The summed E-state index contributed by atoms with van der Waals surface area (Å²) < 4.78 is 44.9. The lowest BCUT2D eigenvalue weighted by Gasteiger charge is -2.30. The van der Waals surface area contributed by atoms with Crippen LogP contribution in [0.15, 0.2) is 23.1 Å². The van der Waals surface area contributed by atoms with E-state index in [0.717, 1.165) is 12.1 Å². The average Bonchev–Trinajstić information content (AvgIpc) is 2.41. The quantitative estimate of drug-likeness (QED) is 0.848. The van der Waals surface area contributed by atoms with Gasteiger partial charge in [-0.25, -0.2) is 12.8 Å². The number of nitrogens with zero attached hydrogens (tertiary/aromatic N) is 1. The lowest BCUT2D eigenvalue weighted by atomic mass is 10.1. The second kappa shape index (κ2) is 5.44. The van der Waals surface area contributed by atoms with Crippen molar-refractivity contribution in [3.63, 3.8) is 0 Å². The smallest absolute Gasteiger partial charge is 0.246 e. The van der Waals surface area contributed by atoms with Crippen molar-refractivity contribution in [3.8, 4) is 0 Å². The highest BCUT2D eigenvalue weighted by Gasteiger charge is 2.31. The maximum atomic E-state index is 13.7. The van der Waals surface area contributed by atoms with Gasteiger partial charge in [0.25, 0.3) is 0 Å². The number of sulfonamides is 1. The van der Waals surface area contributed by atoms with Gasteiger partial charge in [-0.1, -0.05) is 0 Å². The first-order valence-corrected chi connectivity index (χ1v) is 7.48. The molecule has 0 amide bonds. The van der Waals surface area contributed by atoms with Crippen LogP contribution >= 0.6 is 0 Å². The Morgan fingerprint density at radius 1 is 1.37 bits per heavy atom. The number of nitrogen functional groups attached to an aromatic ring is 1. The molecule has 1 aromatic rings. The number of nitrogens with two attached hydrogens (primary N) is 1. The molecule has 5 nitrogen and oxygen atoms in total. The summed E-state index contributed by atoms with van der Waals surface area (Å²) in [6, 6.07) is 3.39. The fourth-order valence-corrected chi connectivity index (χ4v) is 3.63. The van der Waals surface area contributed by atoms with Gasteiger partial charge in [-0.3, -0.25) is 0 Å². The van der Waals surface area contributed by atoms with Gasteiger partial charge in [-0.2, -0.15) is 4.31 Å². The third-order valence-electron chi connectivity index (χ3n) is 3.32. The first-order valence-electron chi connectivity index (χ1n) is 6.03. The van der Waals surface area contributed by atoms with Crippen molar-refractivity contribution in [2.24, 2.45) is 0 Å². The summed E-state index contributed by atoms with van der Waals surface area (Å²) >= 11 is 0. The van der Waals surface area contributed by atoms with Gasteiger partial charge in [-0.15, -0.1) is 0 Å². The fourth-order valence-electron chi connectivity index (χ4n) is 2.12. The number of hydrogen-bond acceptors (Lipinski definition) is 4. The number of ether oxygens (including phenoxy) is 1. The van der Waals surface area contributed by atoms with E-state index in [2.05, 4.69) is 0 Å². The summed E-state index contributed by atoms with van der Waals surface area (Å²) in [5.41, 5.74) is 5.76. The highest BCUT2D eigenvalue weighted by Crippen LogP contribution is 2.25. The third kappa shape index (κ3) is 2.88. The van der Waals surface area contributed by atoms with Crippen molar-refractivity contribution < 1.29 is 17.5 Å². The lowest BCUT2D eigenvalue weighted by molar-refractivity contribution is 0.0631. The van der Waals surface area contributed by atoms with Crippen LogP contribution in [-0.2, 0) is 14.8 Å². The van der Waals surface area contributed by atoms with Gasteiger partial charge < -0.3 is 10.5 Å². The maximum absolute atomic E-state index is 13.7. The first-order chi connectivity index (χ1) is 8.93. The summed E-state index contributed by atoms with van der Waals surface area (Å²) in [5, 5.41) is 0. The van der Waals surface area contributed by atoms with Gasteiger partial charge in [0, 0.05) is 32.0 Å². The molecule has 1 fully saturated rings. The molecule has 0 radical (unpaired) electrons. The van der Waals surface area contributed by atoms with Crippen molar-refractivity contribution in [2.75, 3.05) is 26.0 Å². The molecule has 1 aliphatic rings. The predicted octanol–water partition coefficient (Wildman–Crippen LogP) is 1.21. The Bertz CT molecular complexity index is 556. The van der Waals surface area contributed by atoms with E-state index in [1.807, 2.05) is 0 Å². The molecule has 0 unspecified atom stereocenters. The largest absolute Gasteiger partial charge is 0.399 e. The van der Waals surface area contributed by atoms with Crippen molar-refractivity contribution in [2.45, 2.75) is 23.8 Å². The minimum atomic E-state index is -3.87. The number of rotatable bonds is 3. The third-order valence-corrected chi connectivity index (χ3v) is 5.24. The molecule has 0 aliphatic carbocycles. The molecule has 7 heteroatoms. The van der Waals surface area contributed by atoms with E-state index in [1.54, 1.807) is 0 Å². The topological polar surface area (TPSA) is 72.6 Å². The van der Waals surface area contributed by atoms with E-state index in [0.29, 0.717) is 26.1 Å². The Balaban J connectivity index is 2.33. The Morgan fingerprint density at radius 2 is 2.00 bits per heavy atom. The van der Waals surface area contributed by atoms with Crippen LogP contribution in [0.2, 0.25) is 0 Å². The van der Waals surface area contributed by atoms with Crippen molar-refractivity contribution in [1.82, 2.24) is 4.31 Å². The molecule has 2 N–H and O–H groups in total. The van der Waals surface area contributed by atoms with Gasteiger partial charge in [0.15, 0.2) is 0 Å². The normalized spacial score (nSPS) is 17.8. The van der Waals surface area contributed by atoms with Crippen molar-refractivity contribution in [3.05, 3.63) is 24.0 Å². The summed E-state index contributed by atoms with van der Waals surface area (Å²) in [5.74, 6) is -0.784. The summed E-state index contributed by atoms with van der Waals surface area (Å²) in [4.78, 5) is -0.374. The van der Waals surface area contributed by atoms with Crippen LogP contribution in [0.5, 0.6) is 0 Å². The Morgan fingerprint density at radius 3 is 2.63 bits per heavy atom. The zero-order valence-corrected chi connectivity index (χ0v) is 11.5. The highest BCUT2D eigenvalue weighted by molar-refractivity contribution is 7.89. The lowest BCUT2D eigenvalue weighted by Crippen LogP contribution is -2.40. The number of halogens is 1. The van der Waals surface area contributed by atoms with E-state index < -0.39 is 15.8 Å². The van der Waals surface area contributed by atoms with Gasteiger partial charge in [0.2, 0.25) is 10.0 Å². The van der Waals surface area contributed by atoms with Crippen LogP contribution in [0.4, 0.5) is 10.1 Å². The molecular formula is C12H17FN2O3S. The van der Waals surface area contributed by atoms with E-state index in [1.165, 1.54) is 17.4 Å². The Hall–Kier alpha value is -1.18. The van der Waals surface area contributed by atoms with E-state index >= 15 is 0 Å². The van der Waals surface area contributed by atoms with Crippen LogP contribution in [0.25, 0.3) is 0 Å². The summed E-state index contributed by atoms with van der Waals surface area (Å²) in [6.07, 6.45) is 1.22. The molecule has 1 aliphatic heterocycles. The van der Waals surface area contributed by atoms with Crippen LogP contribution in [-0.4, -0.2) is 39.0 Å². The maximum Gasteiger partial charge on any atom is 0.246 e. The van der Waals surface area contributed by atoms with E-state index in [-0.39, 0.29) is 16.6 Å². The molecule has 0 aromatic heterocycles. The van der Waals surface area contributed by atoms with Crippen LogP contribution in [0.3, 0.4) is 0 Å². The van der Waals surface area contributed by atoms with Gasteiger partial charge in [0.1, 0.15) is 10.7 Å². The Kier molecular flexibility index (Phi) is 4.07.